The van der Waals surface area contributed by atoms with E-state index in [0.29, 0.717) is 40.1 Å². The Bertz CT molecular complexity index is 2080. The van der Waals surface area contributed by atoms with Crippen molar-refractivity contribution in [1.82, 2.24) is 14.6 Å². The Balaban J connectivity index is 1.43. The third-order valence-electron chi connectivity index (χ3n) is 11.1. The van der Waals surface area contributed by atoms with Crippen LogP contribution in [0.25, 0.3) is 21.9 Å². The number of aromatic nitrogens is 3. The van der Waals surface area contributed by atoms with Gasteiger partial charge in [0.2, 0.25) is 5.69 Å². The van der Waals surface area contributed by atoms with Gasteiger partial charge in [0.15, 0.2) is 11.5 Å². The maximum atomic E-state index is 14.2. The van der Waals surface area contributed by atoms with Crippen molar-refractivity contribution < 1.29 is 22.7 Å². The molecule has 2 aromatic carbocycles. The Labute approximate surface area is 330 Å². The number of H-pyrrole nitrogens is 1. The fourth-order valence-electron chi connectivity index (χ4n) is 8.55. The van der Waals surface area contributed by atoms with Crippen molar-refractivity contribution in [3.05, 3.63) is 70.7 Å². The van der Waals surface area contributed by atoms with Gasteiger partial charge in [-0.3, -0.25) is 14.3 Å². The zero-order chi connectivity index (χ0) is 40.8. The van der Waals surface area contributed by atoms with Crippen LogP contribution >= 0.6 is 0 Å². The van der Waals surface area contributed by atoms with Gasteiger partial charge in [-0.15, -0.1) is 0 Å². The molecule has 1 fully saturated rings. The number of rotatable bonds is 10. The molecular formula is C44H61N5O5S. The maximum Gasteiger partial charge on any atom is 0.331 e. The number of aryl methyl sites for hydroxylation is 1. The van der Waals surface area contributed by atoms with Gasteiger partial charge in [0, 0.05) is 23.6 Å². The number of fused-ring (bicyclic) bond motifs is 1. The average Bonchev–Trinajstić information content (AvgIpc) is 3.62. The number of ether oxygens (including phenoxy) is 2. The fraction of sp³-hybridized carbons (Fsp3) is 0.568. The molecule has 298 valence electrons. The number of methoxy groups -OCH3 is 1. The van der Waals surface area contributed by atoms with Crippen molar-refractivity contribution in [1.29, 1.82) is 0 Å². The van der Waals surface area contributed by atoms with E-state index in [0.717, 1.165) is 30.4 Å². The summed E-state index contributed by atoms with van der Waals surface area (Å²) in [5.74, 6) is 1.70. The first-order chi connectivity index (χ1) is 25.4. The highest BCUT2D eigenvalue weighted by Crippen LogP contribution is 2.50. The Morgan fingerprint density at radius 1 is 0.982 bits per heavy atom. The normalized spacial score (nSPS) is 20.2. The topological polar surface area (TPSA) is 111 Å². The largest absolute Gasteiger partial charge is 0.495 e. The summed E-state index contributed by atoms with van der Waals surface area (Å²) in [4.78, 5) is 22.7. The van der Waals surface area contributed by atoms with Gasteiger partial charge in [-0.1, -0.05) is 95.2 Å². The zero-order valence-electron chi connectivity index (χ0n) is 35.3. The van der Waals surface area contributed by atoms with Gasteiger partial charge in [-0.2, -0.15) is 4.21 Å². The molecule has 2 N–H and O–H groups in total. The van der Waals surface area contributed by atoms with Gasteiger partial charge in [0.05, 0.1) is 19.4 Å². The van der Waals surface area contributed by atoms with Crippen LogP contribution in [0.15, 0.2) is 42.6 Å². The maximum absolute atomic E-state index is 14.2. The van der Waals surface area contributed by atoms with E-state index < -0.39 is 17.2 Å². The van der Waals surface area contributed by atoms with Gasteiger partial charge in [-0.25, -0.2) is 14.6 Å². The van der Waals surface area contributed by atoms with Crippen molar-refractivity contribution in [3.8, 4) is 22.9 Å². The van der Waals surface area contributed by atoms with Crippen LogP contribution in [-0.2, 0) is 21.4 Å². The molecule has 0 saturated heterocycles. The molecule has 3 atom stereocenters. The van der Waals surface area contributed by atoms with Crippen LogP contribution in [0.4, 0.5) is 11.4 Å². The third-order valence-corrected chi connectivity index (χ3v) is 11.8. The van der Waals surface area contributed by atoms with E-state index in [2.05, 4.69) is 104 Å². The predicted octanol–water partition coefficient (Wildman–Crippen LogP) is 11.3. The lowest BCUT2D eigenvalue weighted by molar-refractivity contribution is -0.0922. The van der Waals surface area contributed by atoms with Gasteiger partial charge in [0.1, 0.15) is 23.2 Å². The van der Waals surface area contributed by atoms with E-state index in [1.165, 1.54) is 7.11 Å². The zero-order valence-corrected chi connectivity index (χ0v) is 36.1. The minimum Gasteiger partial charge on any atom is -0.495 e. The standard InChI is InChI=1S/C44H61N5O5S/c1-26-20-30(42(6,7)8)37(31(21-26)43(9,10)11)53-40(50)36-33(45-14)24-49-39(36)46-38(47-49)28-17-19-34(52-15)32(22-28)48-55(51)54-35-23-29(18-16-27(35)2)44(12,13)25-41(3,4)5/h16-19,22-24,26,30-31,37,48H,20-21,25H2,1-13,15H3,(H,46,47). The SMILES string of the molecule is [C-]#[N+]c1cn2[nH]c(-c3ccc(OC)c(NS(=O)Oc4cc(C(C)(C)CC(C)(C)C)ccc4C)c3)nc2c1C(=O)OC1C(C(C)(C)C)CC(C)CC1C(C)(C)C. The predicted molar refractivity (Wildman–Crippen MR) is 222 cm³/mol. The molecule has 0 aliphatic heterocycles. The third kappa shape index (κ3) is 9.40. The number of carbonyl (C=O) groups is 1. The van der Waals surface area contributed by atoms with Gasteiger partial charge < -0.3 is 13.7 Å². The number of hydrogen-bond acceptors (Lipinski definition) is 6. The monoisotopic (exact) mass is 771 g/mol. The Morgan fingerprint density at radius 3 is 2.18 bits per heavy atom. The highest BCUT2D eigenvalue weighted by Gasteiger charge is 2.48. The Hall–Kier alpha value is -4.30. The number of hydrogen-bond donors (Lipinski definition) is 2. The first-order valence-electron chi connectivity index (χ1n) is 19.3. The first-order valence-corrected chi connectivity index (χ1v) is 20.3. The highest BCUT2D eigenvalue weighted by molar-refractivity contribution is 7.82. The van der Waals surface area contributed by atoms with Crippen LogP contribution < -0.4 is 13.6 Å². The second-order valence-electron chi connectivity index (χ2n) is 19.6. The minimum absolute atomic E-state index is 0.0813. The number of benzene rings is 2. The van der Waals surface area contributed by atoms with E-state index in [9.17, 15) is 9.00 Å². The lowest BCUT2D eigenvalue weighted by atomic mass is 9.59. The molecule has 1 saturated carbocycles. The van der Waals surface area contributed by atoms with Crippen LogP contribution in [0.2, 0.25) is 0 Å². The Kier molecular flexibility index (Phi) is 11.7. The number of anilines is 1. The van der Waals surface area contributed by atoms with Gasteiger partial charge in [-0.05, 0) is 89.2 Å². The number of carbonyl (C=O) groups excluding carboxylic acids is 1. The number of aromatic amines is 1. The number of nitrogens with zero attached hydrogens (tertiary/aromatic N) is 3. The fourth-order valence-corrected chi connectivity index (χ4v) is 9.27. The molecule has 4 aromatic rings. The van der Waals surface area contributed by atoms with Crippen molar-refractivity contribution in [3.63, 3.8) is 0 Å². The lowest BCUT2D eigenvalue weighted by Gasteiger charge is -2.50. The second-order valence-corrected chi connectivity index (χ2v) is 20.4. The molecule has 55 heavy (non-hydrogen) atoms. The summed E-state index contributed by atoms with van der Waals surface area (Å²) in [6.45, 7) is 36.5. The summed E-state index contributed by atoms with van der Waals surface area (Å²) in [5.41, 5.74) is 3.50. The van der Waals surface area contributed by atoms with Crippen LogP contribution in [0, 0.1) is 47.5 Å². The van der Waals surface area contributed by atoms with Crippen LogP contribution in [0.3, 0.4) is 0 Å². The lowest BCUT2D eigenvalue weighted by Crippen LogP contribution is -2.49. The van der Waals surface area contributed by atoms with E-state index in [1.54, 1.807) is 22.8 Å². The molecule has 11 heteroatoms. The summed E-state index contributed by atoms with van der Waals surface area (Å²) >= 11 is -1.97. The summed E-state index contributed by atoms with van der Waals surface area (Å²) < 4.78 is 36.1. The second kappa shape index (κ2) is 15.3. The van der Waals surface area contributed by atoms with Crippen LogP contribution in [0.1, 0.15) is 124 Å². The van der Waals surface area contributed by atoms with Crippen molar-refractivity contribution in [2.24, 2.45) is 34.0 Å². The summed E-state index contributed by atoms with van der Waals surface area (Å²) in [6, 6.07) is 11.4. The van der Waals surface area contributed by atoms with Gasteiger partial charge in [0.25, 0.3) is 0 Å². The quantitative estimate of drug-likeness (QED) is 0.123. The molecule has 0 radical (unpaired) electrons. The van der Waals surface area contributed by atoms with Crippen LogP contribution in [-0.4, -0.2) is 38.0 Å². The smallest absolute Gasteiger partial charge is 0.331 e. The summed E-state index contributed by atoms with van der Waals surface area (Å²) in [7, 11) is 1.54. The highest BCUT2D eigenvalue weighted by atomic mass is 32.2. The van der Waals surface area contributed by atoms with E-state index >= 15 is 0 Å². The molecule has 0 bridgehead atoms. The minimum atomic E-state index is -1.97. The van der Waals surface area contributed by atoms with Gasteiger partial charge >= 0.3 is 17.2 Å². The molecule has 1 aliphatic rings. The molecule has 2 aromatic heterocycles. The van der Waals surface area contributed by atoms with E-state index in [1.807, 2.05) is 25.1 Å². The van der Waals surface area contributed by atoms with E-state index in [-0.39, 0.29) is 50.9 Å². The summed E-state index contributed by atoms with van der Waals surface area (Å²) in [6.07, 6.45) is 4.16. The molecule has 5 rings (SSSR count). The Morgan fingerprint density at radius 2 is 1.62 bits per heavy atom. The van der Waals surface area contributed by atoms with Crippen LogP contribution in [0.5, 0.6) is 11.5 Å². The molecule has 0 spiro atoms. The molecule has 0 amide bonds. The van der Waals surface area contributed by atoms with Crippen molar-refractivity contribution >= 4 is 34.3 Å². The molecular weight excluding hydrogens is 711 g/mol. The van der Waals surface area contributed by atoms with Crippen molar-refractivity contribution in [2.75, 3.05) is 11.8 Å². The summed E-state index contributed by atoms with van der Waals surface area (Å²) in [5, 5.41) is 3.22. The number of esters is 1. The van der Waals surface area contributed by atoms with E-state index in [4.69, 9.17) is 25.2 Å². The average molecular weight is 772 g/mol. The number of nitrogens with one attached hydrogen (secondary N) is 2. The van der Waals surface area contributed by atoms with Crippen molar-refractivity contribution in [2.45, 2.75) is 121 Å². The molecule has 2 heterocycles. The molecule has 3 unspecified atom stereocenters. The molecule has 1 aliphatic carbocycles. The molecule has 10 nitrogen and oxygen atoms in total. The first kappa shape index (κ1) is 41.9.